The summed E-state index contributed by atoms with van der Waals surface area (Å²) in [5, 5.41) is 16.9. The van der Waals surface area contributed by atoms with E-state index in [0.717, 1.165) is 0 Å². The van der Waals surface area contributed by atoms with Crippen molar-refractivity contribution in [2.45, 2.75) is 13.8 Å². The van der Waals surface area contributed by atoms with Gasteiger partial charge in [-0.05, 0) is 38.1 Å². The first kappa shape index (κ1) is 14.7. The molecule has 19 heavy (non-hydrogen) atoms. The third-order valence-corrected chi connectivity index (χ3v) is 2.15. The molecule has 1 N–H and O–H groups in total. The molecule has 0 aliphatic rings. The average molecular weight is 264 g/mol. The molecule has 0 amide bonds. The highest BCUT2D eigenvalue weighted by Crippen LogP contribution is 2.19. The van der Waals surface area contributed by atoms with E-state index in [-0.39, 0.29) is 18.1 Å². The molecule has 0 aliphatic heterocycles. The van der Waals surface area contributed by atoms with Gasteiger partial charge in [0, 0.05) is 0 Å². The van der Waals surface area contributed by atoms with Gasteiger partial charge in [0.15, 0.2) is 0 Å². The Bertz CT molecular complexity index is 488. The number of aliphatic hydroxyl groups is 1. The minimum Gasteiger partial charge on any atom is -0.510 e. The van der Waals surface area contributed by atoms with Crippen LogP contribution in [0.2, 0.25) is 0 Å². The van der Waals surface area contributed by atoms with Gasteiger partial charge < -0.3 is 14.6 Å². The number of allylic oxidation sites excluding steroid dienone is 1. The van der Waals surface area contributed by atoms with Crippen LogP contribution in [-0.4, -0.2) is 24.8 Å². The fourth-order valence-corrected chi connectivity index (χ4v) is 1.22. The summed E-state index contributed by atoms with van der Waals surface area (Å²) in [5.74, 6) is -0.256. The summed E-state index contributed by atoms with van der Waals surface area (Å²) in [6.07, 6.45) is 0. The predicted octanol–water partition coefficient (Wildman–Crippen LogP) is 3.13. The summed E-state index contributed by atoms with van der Waals surface area (Å²) in [4.78, 5) is 11.5. The second-order valence-electron chi connectivity index (χ2n) is 3.55. The number of carbonyl (C=O) groups is 1. The maximum absolute atomic E-state index is 11.5. The van der Waals surface area contributed by atoms with Gasteiger partial charge in [-0.1, -0.05) is 0 Å². The number of hydrogen-bond acceptors (Lipinski definition) is 6. The first-order valence-electron chi connectivity index (χ1n) is 5.71. The van der Waals surface area contributed by atoms with Crippen molar-refractivity contribution in [2.75, 3.05) is 13.7 Å². The normalized spacial score (nSPS) is 12.2. The van der Waals surface area contributed by atoms with Gasteiger partial charge in [0.1, 0.15) is 11.5 Å². The van der Waals surface area contributed by atoms with Crippen LogP contribution in [0.25, 0.3) is 0 Å². The van der Waals surface area contributed by atoms with Gasteiger partial charge in [0.2, 0.25) is 5.70 Å². The van der Waals surface area contributed by atoms with Gasteiger partial charge in [-0.25, -0.2) is 4.79 Å². The molecule has 0 heterocycles. The Morgan fingerprint density at radius 2 is 1.95 bits per heavy atom. The predicted molar refractivity (Wildman–Crippen MR) is 69.5 cm³/mol. The highest BCUT2D eigenvalue weighted by Gasteiger charge is 2.13. The Kier molecular flexibility index (Phi) is 5.53. The molecule has 0 aromatic heterocycles. The molecule has 0 fully saturated rings. The first-order chi connectivity index (χ1) is 9.08. The number of ether oxygens (including phenoxy) is 2. The molecular formula is C13H16N2O4. The number of hydrogen-bond donors (Lipinski definition) is 1. The van der Waals surface area contributed by atoms with Gasteiger partial charge in [-0.2, -0.15) is 5.11 Å². The van der Waals surface area contributed by atoms with E-state index in [1.807, 2.05) is 0 Å². The fraction of sp³-hybridized carbons (Fsp3) is 0.308. The van der Waals surface area contributed by atoms with Gasteiger partial charge in [0.25, 0.3) is 0 Å². The Labute approximate surface area is 111 Å². The van der Waals surface area contributed by atoms with Crippen LogP contribution < -0.4 is 4.74 Å². The maximum atomic E-state index is 11.5. The monoisotopic (exact) mass is 264 g/mol. The van der Waals surface area contributed by atoms with Crippen LogP contribution in [0.15, 0.2) is 46.0 Å². The minimum atomic E-state index is -0.709. The number of methoxy groups -OCH3 is 1. The van der Waals surface area contributed by atoms with Crippen LogP contribution in [0.3, 0.4) is 0 Å². The van der Waals surface area contributed by atoms with E-state index in [9.17, 15) is 9.90 Å². The molecule has 1 aromatic rings. The van der Waals surface area contributed by atoms with E-state index < -0.39 is 5.97 Å². The third kappa shape index (κ3) is 4.42. The molecule has 0 unspecified atom stereocenters. The molecule has 0 bridgehead atoms. The topological polar surface area (TPSA) is 80.5 Å². The molecule has 0 saturated carbocycles. The molecule has 0 radical (unpaired) electrons. The van der Waals surface area contributed by atoms with Crippen LogP contribution in [0.5, 0.6) is 5.75 Å². The Hall–Kier alpha value is -2.37. The van der Waals surface area contributed by atoms with Crippen molar-refractivity contribution in [1.29, 1.82) is 0 Å². The zero-order valence-electron chi connectivity index (χ0n) is 11.1. The van der Waals surface area contributed by atoms with Crippen molar-refractivity contribution in [3.05, 3.63) is 35.7 Å². The Morgan fingerprint density at radius 1 is 1.32 bits per heavy atom. The molecule has 1 rings (SSSR count). The molecule has 1 aromatic carbocycles. The second-order valence-corrected chi connectivity index (χ2v) is 3.55. The fourth-order valence-electron chi connectivity index (χ4n) is 1.22. The number of benzene rings is 1. The van der Waals surface area contributed by atoms with Crippen LogP contribution >= 0.6 is 0 Å². The lowest BCUT2D eigenvalue weighted by Gasteiger charge is -2.02. The van der Waals surface area contributed by atoms with Gasteiger partial charge in [-0.3, -0.25) is 0 Å². The lowest BCUT2D eigenvalue weighted by molar-refractivity contribution is -0.138. The zero-order chi connectivity index (χ0) is 14.3. The van der Waals surface area contributed by atoms with Crippen molar-refractivity contribution in [2.24, 2.45) is 10.2 Å². The largest absolute Gasteiger partial charge is 0.510 e. The summed E-state index contributed by atoms with van der Waals surface area (Å²) in [5.41, 5.74) is 0.321. The third-order valence-electron chi connectivity index (χ3n) is 2.15. The minimum absolute atomic E-state index is 0.202. The highest BCUT2D eigenvalue weighted by atomic mass is 16.5. The van der Waals surface area contributed by atoms with E-state index in [1.165, 1.54) is 6.92 Å². The summed E-state index contributed by atoms with van der Waals surface area (Å²) in [7, 11) is 1.56. The van der Waals surface area contributed by atoms with E-state index in [1.54, 1.807) is 38.3 Å². The highest BCUT2D eigenvalue weighted by molar-refractivity contribution is 5.88. The van der Waals surface area contributed by atoms with Crippen LogP contribution in [0.1, 0.15) is 13.8 Å². The van der Waals surface area contributed by atoms with Crippen molar-refractivity contribution in [3.8, 4) is 5.75 Å². The van der Waals surface area contributed by atoms with Crippen molar-refractivity contribution in [1.82, 2.24) is 0 Å². The van der Waals surface area contributed by atoms with Gasteiger partial charge >= 0.3 is 5.97 Å². The SMILES string of the molecule is CCOC(=O)/C(N=Nc1ccc(OC)cc1)=C(/C)O. The number of azo groups is 1. The molecule has 6 nitrogen and oxygen atoms in total. The molecule has 0 spiro atoms. The molecule has 102 valence electrons. The summed E-state index contributed by atoms with van der Waals surface area (Å²) in [6, 6.07) is 6.79. The summed E-state index contributed by atoms with van der Waals surface area (Å²) < 4.78 is 9.77. The molecule has 0 atom stereocenters. The van der Waals surface area contributed by atoms with Crippen LogP contribution in [0.4, 0.5) is 5.69 Å². The smallest absolute Gasteiger partial charge is 0.362 e. The summed E-state index contributed by atoms with van der Waals surface area (Å²) >= 11 is 0. The van der Waals surface area contributed by atoms with E-state index in [0.29, 0.717) is 11.4 Å². The van der Waals surface area contributed by atoms with E-state index >= 15 is 0 Å². The van der Waals surface area contributed by atoms with Crippen LogP contribution in [0, 0.1) is 0 Å². The lowest BCUT2D eigenvalue weighted by atomic mass is 10.3. The number of carbonyl (C=O) groups excluding carboxylic acids is 1. The van der Waals surface area contributed by atoms with Crippen molar-refractivity contribution >= 4 is 11.7 Å². The molecule has 0 saturated heterocycles. The second kappa shape index (κ2) is 7.15. The maximum Gasteiger partial charge on any atom is 0.362 e. The molecule has 6 heteroatoms. The van der Waals surface area contributed by atoms with Gasteiger partial charge in [-0.15, -0.1) is 5.11 Å². The Morgan fingerprint density at radius 3 is 2.42 bits per heavy atom. The van der Waals surface area contributed by atoms with E-state index in [2.05, 4.69) is 10.2 Å². The molecular weight excluding hydrogens is 248 g/mol. The molecule has 0 aliphatic carbocycles. The first-order valence-corrected chi connectivity index (χ1v) is 5.71. The van der Waals surface area contributed by atoms with Crippen LogP contribution in [-0.2, 0) is 9.53 Å². The standard InChI is InChI=1S/C13H16N2O4/c1-4-19-13(17)12(9(2)16)15-14-10-5-7-11(18-3)8-6-10/h5-8,16H,4H2,1-3H3/b12-9+,15-14?. The number of nitrogens with zero attached hydrogens (tertiary/aromatic N) is 2. The number of aliphatic hydroxyl groups excluding tert-OH is 1. The van der Waals surface area contributed by atoms with Crippen molar-refractivity contribution in [3.63, 3.8) is 0 Å². The van der Waals surface area contributed by atoms with Gasteiger partial charge in [0.05, 0.1) is 19.4 Å². The average Bonchev–Trinajstić information content (AvgIpc) is 2.39. The quantitative estimate of drug-likeness (QED) is 0.383. The summed E-state index contributed by atoms with van der Waals surface area (Å²) in [6.45, 7) is 3.22. The lowest BCUT2D eigenvalue weighted by Crippen LogP contribution is -2.07. The van der Waals surface area contributed by atoms with Crippen molar-refractivity contribution < 1.29 is 19.4 Å². The van der Waals surface area contributed by atoms with E-state index in [4.69, 9.17) is 9.47 Å². The number of esters is 1. The Balaban J connectivity index is 2.87. The zero-order valence-corrected chi connectivity index (χ0v) is 11.1. The number of rotatable bonds is 5.